The Kier molecular flexibility index (Phi) is 11.9. The van der Waals surface area contributed by atoms with E-state index in [1.165, 1.54) is 16.1 Å². The molecule has 0 fully saturated rings. The second-order valence-corrected chi connectivity index (χ2v) is 16.9. The lowest BCUT2D eigenvalue weighted by molar-refractivity contribution is 0.0931. The van der Waals surface area contributed by atoms with Gasteiger partial charge in [-0.15, -0.1) is 0 Å². The highest BCUT2D eigenvalue weighted by Gasteiger charge is 2.34. The van der Waals surface area contributed by atoms with Crippen LogP contribution in [0.1, 0.15) is 73.3 Å². The van der Waals surface area contributed by atoms with Crippen molar-refractivity contribution in [2.45, 2.75) is 34.2 Å². The van der Waals surface area contributed by atoms with Crippen molar-refractivity contribution in [3.63, 3.8) is 0 Å². The fourth-order valence-corrected chi connectivity index (χ4v) is 9.43. The zero-order valence-corrected chi connectivity index (χ0v) is 38.7. The summed E-state index contributed by atoms with van der Waals surface area (Å²) in [6.07, 6.45) is 0. The number of carbonyl (C=O) groups is 4. The number of aromatic hydroxyl groups is 3. The van der Waals surface area contributed by atoms with Crippen LogP contribution in [0.2, 0.25) is 0 Å². The van der Waals surface area contributed by atoms with Crippen LogP contribution in [0.25, 0.3) is 32.7 Å². The summed E-state index contributed by atoms with van der Waals surface area (Å²) in [5.74, 6) is -1.23. The Bertz CT molecular complexity index is 3790. The summed E-state index contributed by atoms with van der Waals surface area (Å²) in [4.78, 5) is 65.5. The largest absolute Gasteiger partial charge is 0.494 e. The molecule has 0 radical (unpaired) electrons. The average Bonchev–Trinajstić information content (AvgIpc) is 4.20. The highest BCUT2D eigenvalue weighted by Crippen LogP contribution is 2.40. The van der Waals surface area contributed by atoms with E-state index in [2.05, 4.69) is 33.7 Å². The molecule has 15 nitrogen and oxygen atoms in total. The van der Waals surface area contributed by atoms with Gasteiger partial charge in [0, 0.05) is 39.8 Å². The van der Waals surface area contributed by atoms with Gasteiger partial charge in [0.15, 0.2) is 0 Å². The number of aliphatic imine (C=N–C) groups is 3. The number of carbonyl (C=O) groups excluding carboxylic acids is 4. The van der Waals surface area contributed by atoms with E-state index >= 15 is 0 Å². The molecule has 6 heterocycles. The molecule has 0 spiro atoms. The van der Waals surface area contributed by atoms with Crippen molar-refractivity contribution in [1.82, 2.24) is 18.6 Å². The minimum Gasteiger partial charge on any atom is -0.494 e. The van der Waals surface area contributed by atoms with Gasteiger partial charge < -0.3 is 20.4 Å². The Balaban J connectivity index is 0.000000123. The van der Waals surface area contributed by atoms with Crippen LogP contribution in [-0.2, 0) is 13.4 Å². The standard InChI is InChI=1S/C21H21N3O2.C18H12N2O3.C17H12N2O3/c1-3-23(4-2)13-24-17-12-8-6-10-15(17)18(21(24)26)19-20(25)14-9-5-7-11-16(14)22-19;1-10(21)20-14-9-5-3-7-12(14)15(18(20)23)16-17(22)11-6-2-4-8-13(11)19-16;20-9-19-13-8-4-2-6-11(13)14(17(19)22)15-16(21)10-5-1-3-7-12(10)18-15/h5-12,26H,3-4,13H2,1-2H3;2-9,23H,1H3;1-8,20,22H,9H2. The Morgan fingerprint density at radius 1 is 0.479 bits per heavy atom. The SMILES string of the molecule is CC(=O)n1c(O)c(C2=Nc3ccccc3C2=O)c2ccccc21.CCN(CC)Cn1c(O)c(C2=Nc3ccccc3C2=O)c2ccccc21.O=C1C(c2c(O)n(CO)c3ccccc23)=Nc2ccccc21. The zero-order chi connectivity index (χ0) is 49.7. The zero-order valence-electron chi connectivity index (χ0n) is 38.7. The summed E-state index contributed by atoms with van der Waals surface area (Å²) in [6, 6.07) is 43.4. The summed E-state index contributed by atoms with van der Waals surface area (Å²) < 4.78 is 4.41. The molecule has 12 rings (SSSR count). The van der Waals surface area contributed by atoms with Crippen molar-refractivity contribution < 1.29 is 39.6 Å². The average molecular weight is 944 g/mol. The predicted molar refractivity (Wildman–Crippen MR) is 273 cm³/mol. The van der Waals surface area contributed by atoms with Gasteiger partial charge in [0.05, 0.1) is 57.0 Å². The summed E-state index contributed by atoms with van der Waals surface area (Å²) in [6.45, 7) is 7.49. The second kappa shape index (κ2) is 18.5. The molecule has 0 saturated carbocycles. The Hall–Kier alpha value is -9.05. The van der Waals surface area contributed by atoms with Gasteiger partial charge in [-0.05, 0) is 67.7 Å². The third-order valence-corrected chi connectivity index (χ3v) is 12.9. The molecule has 3 aliphatic heterocycles. The number of aliphatic hydroxyl groups excluding tert-OH is 1. The molecule has 0 aliphatic carbocycles. The van der Waals surface area contributed by atoms with Crippen LogP contribution in [-0.4, -0.2) is 92.5 Å². The fourth-order valence-electron chi connectivity index (χ4n) is 9.43. The molecule has 352 valence electrons. The minimum atomic E-state index is -0.374. The number of hydrogen-bond acceptors (Lipinski definition) is 12. The van der Waals surface area contributed by atoms with Crippen LogP contribution in [0.15, 0.2) is 161 Å². The van der Waals surface area contributed by atoms with Crippen molar-refractivity contribution in [2.24, 2.45) is 15.0 Å². The highest BCUT2D eigenvalue weighted by atomic mass is 16.3. The Labute approximate surface area is 405 Å². The maximum Gasteiger partial charge on any atom is 0.230 e. The molecule has 0 unspecified atom stereocenters. The first-order valence-electron chi connectivity index (χ1n) is 22.9. The van der Waals surface area contributed by atoms with Gasteiger partial charge in [-0.25, -0.2) is 15.0 Å². The summed E-state index contributed by atoms with van der Waals surface area (Å²) in [5, 5.41) is 43.7. The molecule has 71 heavy (non-hydrogen) atoms. The lowest BCUT2D eigenvalue weighted by atomic mass is 10.0. The number of fused-ring (bicyclic) bond motifs is 6. The molecule has 0 saturated heterocycles. The first-order chi connectivity index (χ1) is 34.5. The fraction of sp³-hybridized carbons (Fsp3) is 0.125. The number of ketones is 3. The lowest BCUT2D eigenvalue weighted by Gasteiger charge is -2.20. The van der Waals surface area contributed by atoms with E-state index in [0.717, 1.165) is 24.0 Å². The quantitative estimate of drug-likeness (QED) is 0.114. The predicted octanol–water partition coefficient (Wildman–Crippen LogP) is 9.90. The normalized spacial score (nSPS) is 13.4. The van der Waals surface area contributed by atoms with Gasteiger partial charge in [-0.3, -0.25) is 37.8 Å². The molecular formula is C56H45N7O8. The van der Waals surface area contributed by atoms with Crippen molar-refractivity contribution in [1.29, 1.82) is 0 Å². The highest BCUT2D eigenvalue weighted by molar-refractivity contribution is 6.58. The maximum atomic E-state index is 12.9. The molecule has 0 bridgehead atoms. The van der Waals surface area contributed by atoms with Gasteiger partial charge in [0.1, 0.15) is 23.9 Å². The molecule has 0 atom stereocenters. The second-order valence-electron chi connectivity index (χ2n) is 16.9. The van der Waals surface area contributed by atoms with E-state index in [1.807, 2.05) is 65.2 Å². The molecule has 15 heteroatoms. The number of aromatic nitrogens is 3. The molecule has 3 aromatic heterocycles. The monoisotopic (exact) mass is 943 g/mol. The number of Topliss-reactive ketones (excluding diaryl/α,β-unsaturated/α-hetero) is 3. The maximum absolute atomic E-state index is 12.9. The lowest BCUT2D eigenvalue weighted by Crippen LogP contribution is -2.25. The Morgan fingerprint density at radius 3 is 1.21 bits per heavy atom. The molecule has 4 N–H and O–H groups in total. The van der Waals surface area contributed by atoms with E-state index in [0.29, 0.717) is 84.6 Å². The van der Waals surface area contributed by atoms with E-state index in [1.54, 1.807) is 84.9 Å². The van der Waals surface area contributed by atoms with Crippen LogP contribution in [0.5, 0.6) is 17.6 Å². The summed E-state index contributed by atoms with van der Waals surface area (Å²) in [5.41, 5.74) is 7.45. The number of nitrogens with zero attached hydrogens (tertiary/aromatic N) is 7. The van der Waals surface area contributed by atoms with Gasteiger partial charge in [0.25, 0.3) is 0 Å². The molecule has 0 amide bonds. The van der Waals surface area contributed by atoms with Gasteiger partial charge in [-0.1, -0.05) is 105 Å². The number of para-hydroxylation sites is 6. The summed E-state index contributed by atoms with van der Waals surface area (Å²) in [7, 11) is 0. The molecule has 3 aliphatic rings. The van der Waals surface area contributed by atoms with Crippen LogP contribution < -0.4 is 0 Å². The number of benzene rings is 6. The third-order valence-electron chi connectivity index (χ3n) is 12.9. The van der Waals surface area contributed by atoms with Crippen LogP contribution >= 0.6 is 0 Å². The van der Waals surface area contributed by atoms with Gasteiger partial charge in [0.2, 0.25) is 40.9 Å². The van der Waals surface area contributed by atoms with Crippen molar-refractivity contribution >= 4 is 90.2 Å². The summed E-state index contributed by atoms with van der Waals surface area (Å²) >= 11 is 0. The third kappa shape index (κ3) is 7.60. The number of aliphatic hydroxyl groups is 1. The van der Waals surface area contributed by atoms with Crippen molar-refractivity contribution in [3.05, 3.63) is 179 Å². The molecule has 9 aromatic rings. The van der Waals surface area contributed by atoms with E-state index in [9.17, 15) is 39.6 Å². The first kappa shape index (κ1) is 45.7. The number of rotatable bonds is 8. The Morgan fingerprint density at radius 2 is 0.817 bits per heavy atom. The van der Waals surface area contributed by atoms with E-state index in [4.69, 9.17) is 0 Å². The van der Waals surface area contributed by atoms with Gasteiger partial charge in [-0.2, -0.15) is 0 Å². The van der Waals surface area contributed by atoms with Crippen LogP contribution in [0, 0.1) is 0 Å². The van der Waals surface area contributed by atoms with E-state index in [-0.39, 0.29) is 59.1 Å². The molecule has 6 aromatic carbocycles. The van der Waals surface area contributed by atoms with Crippen molar-refractivity contribution in [2.75, 3.05) is 13.1 Å². The van der Waals surface area contributed by atoms with E-state index < -0.39 is 0 Å². The topological polar surface area (TPSA) is 204 Å². The minimum absolute atomic E-state index is 0.0954. The van der Waals surface area contributed by atoms with Gasteiger partial charge >= 0.3 is 0 Å². The first-order valence-corrected chi connectivity index (χ1v) is 22.9. The smallest absolute Gasteiger partial charge is 0.230 e. The number of hydrogen-bond donors (Lipinski definition) is 4. The van der Waals surface area contributed by atoms with Crippen LogP contribution in [0.4, 0.5) is 17.1 Å². The van der Waals surface area contributed by atoms with Crippen molar-refractivity contribution in [3.8, 4) is 17.6 Å². The van der Waals surface area contributed by atoms with Crippen LogP contribution in [0.3, 0.4) is 0 Å². The molecular weight excluding hydrogens is 899 g/mol.